The highest BCUT2D eigenvalue weighted by Gasteiger charge is 2.27. The smallest absolute Gasteiger partial charge is 0.280 e. The zero-order chi connectivity index (χ0) is 14.2. The van der Waals surface area contributed by atoms with Gasteiger partial charge in [0.2, 0.25) is 0 Å². The van der Waals surface area contributed by atoms with E-state index in [9.17, 15) is 4.79 Å². The zero-order valence-electron chi connectivity index (χ0n) is 11.7. The fourth-order valence-electron chi connectivity index (χ4n) is 2.90. The Balaban J connectivity index is 1.61. The summed E-state index contributed by atoms with van der Waals surface area (Å²) >= 11 is 0. The van der Waals surface area contributed by atoms with Gasteiger partial charge >= 0.3 is 0 Å². The third-order valence-electron chi connectivity index (χ3n) is 4.22. The molecule has 0 saturated carbocycles. The second kappa shape index (κ2) is 4.96. The molecule has 0 radical (unpaired) electrons. The lowest BCUT2D eigenvalue weighted by Gasteiger charge is -2.28. The summed E-state index contributed by atoms with van der Waals surface area (Å²) in [6.45, 7) is 2.53. The molecule has 0 unspecified atom stereocenters. The fourth-order valence-corrected chi connectivity index (χ4v) is 2.90. The molecular weight excluding hydrogens is 266 g/mol. The van der Waals surface area contributed by atoms with Crippen LogP contribution in [0.5, 0.6) is 0 Å². The highest BCUT2D eigenvalue weighted by Crippen LogP contribution is 2.27. The number of carbonyl (C=O) groups excluding carboxylic acids is 1. The molecule has 1 saturated heterocycles. The Labute approximate surface area is 122 Å². The molecular formula is C15H17N5O. The van der Waals surface area contributed by atoms with E-state index >= 15 is 0 Å². The molecule has 0 aliphatic carbocycles. The number of aromatic nitrogens is 3. The van der Waals surface area contributed by atoms with E-state index < -0.39 is 0 Å². The number of amides is 1. The molecule has 2 aliphatic heterocycles. The maximum Gasteiger partial charge on any atom is 0.280 e. The average molecular weight is 283 g/mol. The molecule has 1 N–H and O–H groups in total. The SMILES string of the molecule is O=C(c1cn(C2CNC2)nn1)N1CCCc2ccccc21. The molecule has 2 aliphatic rings. The lowest BCUT2D eigenvalue weighted by molar-refractivity contribution is 0.0980. The number of benzene rings is 1. The summed E-state index contributed by atoms with van der Waals surface area (Å²) in [5.74, 6) is -0.0549. The van der Waals surface area contributed by atoms with Gasteiger partial charge in [-0.2, -0.15) is 0 Å². The minimum Gasteiger partial charge on any atom is -0.312 e. The van der Waals surface area contributed by atoms with Crippen LogP contribution >= 0.6 is 0 Å². The summed E-state index contributed by atoms with van der Waals surface area (Å²) < 4.78 is 1.79. The van der Waals surface area contributed by atoms with Gasteiger partial charge in [-0.1, -0.05) is 23.4 Å². The molecule has 4 rings (SSSR count). The molecule has 2 aromatic rings. The van der Waals surface area contributed by atoms with Gasteiger partial charge in [0.1, 0.15) is 0 Å². The van der Waals surface area contributed by atoms with E-state index in [1.807, 2.05) is 23.1 Å². The molecule has 1 aromatic carbocycles. The van der Waals surface area contributed by atoms with Crippen molar-refractivity contribution in [1.29, 1.82) is 0 Å². The summed E-state index contributed by atoms with van der Waals surface area (Å²) in [6, 6.07) is 8.42. The molecule has 1 aromatic heterocycles. The summed E-state index contributed by atoms with van der Waals surface area (Å²) in [7, 11) is 0. The molecule has 21 heavy (non-hydrogen) atoms. The van der Waals surface area contributed by atoms with Gasteiger partial charge in [0.25, 0.3) is 5.91 Å². The van der Waals surface area contributed by atoms with Crippen LogP contribution in [0.3, 0.4) is 0 Å². The number of rotatable bonds is 2. The number of nitrogens with one attached hydrogen (secondary N) is 1. The van der Waals surface area contributed by atoms with E-state index in [1.54, 1.807) is 10.9 Å². The molecule has 6 nitrogen and oxygen atoms in total. The van der Waals surface area contributed by atoms with E-state index in [-0.39, 0.29) is 5.91 Å². The number of hydrogen-bond acceptors (Lipinski definition) is 4. The van der Waals surface area contributed by atoms with E-state index in [4.69, 9.17) is 0 Å². The van der Waals surface area contributed by atoms with Gasteiger partial charge < -0.3 is 10.2 Å². The number of aryl methyl sites for hydroxylation is 1. The Morgan fingerprint density at radius 1 is 1.29 bits per heavy atom. The minimum absolute atomic E-state index is 0.0549. The predicted molar refractivity (Wildman–Crippen MR) is 78.4 cm³/mol. The first-order valence-electron chi connectivity index (χ1n) is 7.35. The van der Waals surface area contributed by atoms with Crippen LogP contribution in [0.1, 0.15) is 28.5 Å². The van der Waals surface area contributed by atoms with E-state index in [2.05, 4.69) is 21.7 Å². The first-order chi connectivity index (χ1) is 10.3. The molecule has 1 fully saturated rings. The van der Waals surface area contributed by atoms with Crippen molar-refractivity contribution in [3.63, 3.8) is 0 Å². The van der Waals surface area contributed by atoms with Crippen LogP contribution < -0.4 is 10.2 Å². The van der Waals surface area contributed by atoms with Gasteiger partial charge in [-0.25, -0.2) is 4.68 Å². The molecule has 3 heterocycles. The summed E-state index contributed by atoms with van der Waals surface area (Å²) in [5, 5.41) is 11.3. The Bertz CT molecular complexity index is 676. The van der Waals surface area contributed by atoms with E-state index in [1.165, 1.54) is 5.56 Å². The normalized spacial score (nSPS) is 18.2. The van der Waals surface area contributed by atoms with Crippen LogP contribution in [0.4, 0.5) is 5.69 Å². The zero-order valence-corrected chi connectivity index (χ0v) is 11.7. The van der Waals surface area contributed by atoms with Crippen molar-refractivity contribution in [2.45, 2.75) is 18.9 Å². The van der Waals surface area contributed by atoms with Crippen LogP contribution in [0.2, 0.25) is 0 Å². The standard InChI is InChI=1S/C15H17N5O/c21-15(13-10-20(18-17-13)12-8-16-9-12)19-7-3-5-11-4-1-2-6-14(11)19/h1-2,4,6,10,12,16H,3,5,7-9H2. The molecule has 1 amide bonds. The highest BCUT2D eigenvalue weighted by atomic mass is 16.2. The van der Waals surface area contributed by atoms with Crippen molar-refractivity contribution in [2.75, 3.05) is 24.5 Å². The molecule has 108 valence electrons. The monoisotopic (exact) mass is 283 g/mol. The lowest BCUT2D eigenvalue weighted by Crippen LogP contribution is -2.43. The lowest BCUT2D eigenvalue weighted by atomic mass is 10.0. The number of anilines is 1. The van der Waals surface area contributed by atoms with Crippen molar-refractivity contribution >= 4 is 11.6 Å². The van der Waals surface area contributed by atoms with Crippen LogP contribution in [0.25, 0.3) is 0 Å². The van der Waals surface area contributed by atoms with Crippen LogP contribution in [-0.4, -0.2) is 40.5 Å². The number of fused-ring (bicyclic) bond motifs is 1. The second-order valence-corrected chi connectivity index (χ2v) is 5.58. The molecule has 6 heteroatoms. The Hall–Kier alpha value is -2.21. The van der Waals surface area contributed by atoms with E-state index in [0.717, 1.165) is 38.2 Å². The van der Waals surface area contributed by atoms with Gasteiger partial charge in [0, 0.05) is 25.3 Å². The van der Waals surface area contributed by atoms with Crippen molar-refractivity contribution in [2.24, 2.45) is 0 Å². The first-order valence-corrected chi connectivity index (χ1v) is 7.35. The quantitative estimate of drug-likeness (QED) is 0.893. The van der Waals surface area contributed by atoms with Gasteiger partial charge in [-0.15, -0.1) is 5.10 Å². The van der Waals surface area contributed by atoms with Crippen molar-refractivity contribution in [3.05, 3.63) is 41.7 Å². The van der Waals surface area contributed by atoms with Crippen molar-refractivity contribution in [1.82, 2.24) is 20.3 Å². The third-order valence-corrected chi connectivity index (χ3v) is 4.22. The third kappa shape index (κ3) is 2.12. The number of para-hydroxylation sites is 1. The number of hydrogen-bond donors (Lipinski definition) is 1. The predicted octanol–water partition coefficient (Wildman–Crippen LogP) is 1.02. The maximum absolute atomic E-state index is 12.7. The van der Waals surface area contributed by atoms with Crippen molar-refractivity contribution in [3.8, 4) is 0 Å². The van der Waals surface area contributed by atoms with Gasteiger partial charge in [0.15, 0.2) is 5.69 Å². The number of carbonyl (C=O) groups is 1. The Morgan fingerprint density at radius 3 is 2.95 bits per heavy atom. The summed E-state index contributed by atoms with van der Waals surface area (Å²) in [5.41, 5.74) is 2.67. The van der Waals surface area contributed by atoms with Crippen molar-refractivity contribution < 1.29 is 4.79 Å². The summed E-state index contributed by atoms with van der Waals surface area (Å²) in [4.78, 5) is 14.5. The minimum atomic E-state index is -0.0549. The maximum atomic E-state index is 12.7. The van der Waals surface area contributed by atoms with Crippen LogP contribution in [-0.2, 0) is 6.42 Å². The Kier molecular flexibility index (Phi) is 2.96. The largest absolute Gasteiger partial charge is 0.312 e. The summed E-state index contributed by atoms with van der Waals surface area (Å²) in [6.07, 6.45) is 3.79. The first kappa shape index (κ1) is 12.5. The second-order valence-electron chi connectivity index (χ2n) is 5.58. The van der Waals surface area contributed by atoms with Gasteiger partial charge in [-0.3, -0.25) is 4.79 Å². The van der Waals surface area contributed by atoms with E-state index in [0.29, 0.717) is 11.7 Å². The van der Waals surface area contributed by atoms with Gasteiger partial charge in [-0.05, 0) is 24.5 Å². The molecule has 0 atom stereocenters. The fraction of sp³-hybridized carbons (Fsp3) is 0.400. The molecule has 0 bridgehead atoms. The Morgan fingerprint density at radius 2 is 2.14 bits per heavy atom. The highest BCUT2D eigenvalue weighted by molar-refractivity contribution is 6.05. The van der Waals surface area contributed by atoms with Gasteiger partial charge in [0.05, 0.1) is 12.2 Å². The van der Waals surface area contributed by atoms with Crippen LogP contribution in [0, 0.1) is 0 Å². The topological polar surface area (TPSA) is 63.1 Å². The van der Waals surface area contributed by atoms with Crippen LogP contribution in [0.15, 0.2) is 30.5 Å². The molecule has 0 spiro atoms. The number of nitrogens with zero attached hydrogens (tertiary/aromatic N) is 4. The average Bonchev–Trinajstić information content (AvgIpc) is 2.93.